The molecule has 1 atom stereocenters. The molecule has 0 amide bonds. The molecule has 2 aliphatic heterocycles. The predicted molar refractivity (Wildman–Crippen MR) is 65.9 cm³/mol. The zero-order valence-electron chi connectivity index (χ0n) is 10.2. The number of aromatic nitrogens is 1. The smallest absolute Gasteiger partial charge is 0.197 e. The number of hydrogen-bond donors (Lipinski definition) is 2. The summed E-state index contributed by atoms with van der Waals surface area (Å²) in [4.78, 5) is 4.70. The van der Waals surface area contributed by atoms with Gasteiger partial charge in [0.05, 0.1) is 11.7 Å². The van der Waals surface area contributed by atoms with Crippen LogP contribution in [0.5, 0.6) is 0 Å². The largest absolute Gasteiger partial charge is 0.448 e. The summed E-state index contributed by atoms with van der Waals surface area (Å²) in [6.45, 7) is 3.29. The van der Waals surface area contributed by atoms with Crippen LogP contribution in [0, 0.1) is 0 Å². The van der Waals surface area contributed by atoms with Crippen molar-refractivity contribution in [1.29, 1.82) is 0 Å². The Morgan fingerprint density at radius 3 is 2.76 bits per heavy atom. The van der Waals surface area contributed by atoms with Crippen molar-refractivity contribution >= 4 is 0 Å². The number of piperidine rings is 2. The number of rotatable bonds is 2. The Morgan fingerprint density at radius 2 is 2.00 bits per heavy atom. The summed E-state index contributed by atoms with van der Waals surface area (Å²) in [5.74, 6) is 1.47. The number of nitrogens with one attached hydrogen (secondary N) is 2. The van der Waals surface area contributed by atoms with Gasteiger partial charge >= 0.3 is 0 Å². The van der Waals surface area contributed by atoms with Crippen LogP contribution in [0.15, 0.2) is 10.7 Å². The lowest BCUT2D eigenvalue weighted by molar-refractivity contribution is 0.374. The third-order valence-electron chi connectivity index (χ3n) is 3.90. The van der Waals surface area contributed by atoms with E-state index in [2.05, 4.69) is 10.6 Å². The molecule has 1 aromatic heterocycles. The SMILES string of the molecule is c1oc(C2CCNCC2)nc1C1CCCCN1. The van der Waals surface area contributed by atoms with Crippen molar-refractivity contribution in [3.05, 3.63) is 17.8 Å². The van der Waals surface area contributed by atoms with Crippen LogP contribution in [0.25, 0.3) is 0 Å². The van der Waals surface area contributed by atoms with Crippen LogP contribution in [-0.4, -0.2) is 24.6 Å². The van der Waals surface area contributed by atoms with Crippen LogP contribution >= 0.6 is 0 Å². The molecule has 2 saturated heterocycles. The molecule has 1 unspecified atom stereocenters. The Morgan fingerprint density at radius 1 is 1.12 bits per heavy atom. The van der Waals surface area contributed by atoms with E-state index in [1.165, 1.54) is 19.3 Å². The van der Waals surface area contributed by atoms with Crippen molar-refractivity contribution in [3.8, 4) is 0 Å². The second-order valence-electron chi connectivity index (χ2n) is 5.14. The highest BCUT2D eigenvalue weighted by Gasteiger charge is 2.23. The molecule has 2 aliphatic rings. The monoisotopic (exact) mass is 235 g/mol. The maximum absolute atomic E-state index is 5.68. The summed E-state index contributed by atoms with van der Waals surface area (Å²) in [7, 11) is 0. The molecule has 0 spiro atoms. The average Bonchev–Trinajstić information content (AvgIpc) is 2.90. The fourth-order valence-electron chi connectivity index (χ4n) is 2.82. The number of hydrogen-bond acceptors (Lipinski definition) is 4. The van der Waals surface area contributed by atoms with Crippen LogP contribution in [0.1, 0.15) is 55.6 Å². The Balaban J connectivity index is 1.68. The third-order valence-corrected chi connectivity index (χ3v) is 3.90. The van der Waals surface area contributed by atoms with Gasteiger partial charge in [-0.1, -0.05) is 6.42 Å². The van der Waals surface area contributed by atoms with Gasteiger partial charge in [-0.05, 0) is 45.3 Å². The zero-order chi connectivity index (χ0) is 11.5. The summed E-state index contributed by atoms with van der Waals surface area (Å²) in [5, 5.41) is 6.89. The maximum atomic E-state index is 5.68. The zero-order valence-corrected chi connectivity index (χ0v) is 10.2. The van der Waals surface area contributed by atoms with Gasteiger partial charge in [0.15, 0.2) is 5.89 Å². The second-order valence-corrected chi connectivity index (χ2v) is 5.14. The van der Waals surface area contributed by atoms with Crippen molar-refractivity contribution < 1.29 is 4.42 Å². The summed E-state index contributed by atoms with van der Waals surface area (Å²) in [5.41, 5.74) is 1.11. The average molecular weight is 235 g/mol. The Labute approximate surface area is 102 Å². The van der Waals surface area contributed by atoms with Gasteiger partial charge in [0, 0.05) is 5.92 Å². The third kappa shape index (κ3) is 2.53. The predicted octanol–water partition coefficient (Wildman–Crippen LogP) is 1.96. The molecule has 1 aromatic rings. The van der Waals surface area contributed by atoms with Crippen molar-refractivity contribution in [2.24, 2.45) is 0 Å². The first-order valence-corrected chi connectivity index (χ1v) is 6.83. The first kappa shape index (κ1) is 11.2. The molecule has 17 heavy (non-hydrogen) atoms. The molecule has 0 radical (unpaired) electrons. The molecule has 0 bridgehead atoms. The molecular formula is C13H21N3O. The first-order valence-electron chi connectivity index (χ1n) is 6.83. The molecule has 3 rings (SSSR count). The minimum absolute atomic E-state index is 0.419. The van der Waals surface area contributed by atoms with Gasteiger partial charge in [-0.3, -0.25) is 0 Å². The number of oxazole rings is 1. The van der Waals surface area contributed by atoms with E-state index < -0.39 is 0 Å². The normalized spacial score (nSPS) is 27.2. The molecule has 2 fully saturated rings. The van der Waals surface area contributed by atoms with E-state index in [-0.39, 0.29) is 0 Å². The summed E-state index contributed by atoms with van der Waals surface area (Å²) >= 11 is 0. The maximum Gasteiger partial charge on any atom is 0.197 e. The van der Waals surface area contributed by atoms with Crippen LogP contribution in [0.4, 0.5) is 0 Å². The minimum atomic E-state index is 0.419. The number of nitrogens with zero attached hydrogens (tertiary/aromatic N) is 1. The highest BCUT2D eigenvalue weighted by molar-refractivity contribution is 5.07. The van der Waals surface area contributed by atoms with Gasteiger partial charge in [0.25, 0.3) is 0 Å². The lowest BCUT2D eigenvalue weighted by Crippen LogP contribution is -2.28. The molecule has 0 aromatic carbocycles. The summed E-state index contributed by atoms with van der Waals surface area (Å²) in [6.07, 6.45) is 7.94. The first-order chi connectivity index (χ1) is 8.43. The standard InChI is InChI=1S/C13H21N3O/c1-2-6-15-11(3-1)12-9-17-13(16-12)10-4-7-14-8-5-10/h9-11,14-15H,1-8H2. The Hall–Kier alpha value is -0.870. The van der Waals surface area contributed by atoms with Crippen LogP contribution in [0.2, 0.25) is 0 Å². The van der Waals surface area contributed by atoms with Gasteiger partial charge in [0.1, 0.15) is 6.26 Å². The molecule has 0 saturated carbocycles. The Bertz CT molecular complexity index is 319. The lowest BCUT2D eigenvalue weighted by Gasteiger charge is -2.21. The molecule has 4 nitrogen and oxygen atoms in total. The molecule has 3 heterocycles. The molecule has 2 N–H and O–H groups in total. The van der Waals surface area contributed by atoms with Crippen molar-refractivity contribution in [1.82, 2.24) is 15.6 Å². The van der Waals surface area contributed by atoms with E-state index >= 15 is 0 Å². The highest BCUT2D eigenvalue weighted by atomic mass is 16.3. The fraction of sp³-hybridized carbons (Fsp3) is 0.769. The Kier molecular flexibility index (Phi) is 3.43. The minimum Gasteiger partial charge on any atom is -0.448 e. The molecule has 0 aliphatic carbocycles. The summed E-state index contributed by atoms with van der Waals surface area (Å²) in [6, 6.07) is 0.419. The van der Waals surface area contributed by atoms with Crippen molar-refractivity contribution in [2.75, 3.05) is 19.6 Å². The van der Waals surface area contributed by atoms with Crippen LogP contribution in [-0.2, 0) is 0 Å². The topological polar surface area (TPSA) is 50.1 Å². The second kappa shape index (κ2) is 5.19. The van der Waals surface area contributed by atoms with Crippen molar-refractivity contribution in [3.63, 3.8) is 0 Å². The summed E-state index contributed by atoms with van der Waals surface area (Å²) < 4.78 is 5.68. The van der Waals surface area contributed by atoms with Crippen molar-refractivity contribution in [2.45, 2.75) is 44.1 Å². The van der Waals surface area contributed by atoms with E-state index in [0.29, 0.717) is 12.0 Å². The highest BCUT2D eigenvalue weighted by Crippen LogP contribution is 2.28. The van der Waals surface area contributed by atoms with Gasteiger partial charge < -0.3 is 15.1 Å². The molecule has 94 valence electrons. The van der Waals surface area contributed by atoms with Crippen LogP contribution < -0.4 is 10.6 Å². The fourth-order valence-corrected chi connectivity index (χ4v) is 2.82. The van der Waals surface area contributed by atoms with E-state index in [1.54, 1.807) is 0 Å². The van der Waals surface area contributed by atoms with Gasteiger partial charge in [-0.2, -0.15) is 0 Å². The van der Waals surface area contributed by atoms with Gasteiger partial charge in [0.2, 0.25) is 0 Å². The molecule has 4 heteroatoms. The quantitative estimate of drug-likeness (QED) is 0.822. The van der Waals surface area contributed by atoms with E-state index in [0.717, 1.165) is 44.1 Å². The van der Waals surface area contributed by atoms with E-state index in [1.807, 2.05) is 6.26 Å². The van der Waals surface area contributed by atoms with Gasteiger partial charge in [-0.25, -0.2) is 4.98 Å². The van der Waals surface area contributed by atoms with E-state index in [4.69, 9.17) is 9.40 Å². The van der Waals surface area contributed by atoms with Crippen LogP contribution in [0.3, 0.4) is 0 Å². The van der Waals surface area contributed by atoms with Gasteiger partial charge in [-0.15, -0.1) is 0 Å². The molecular weight excluding hydrogens is 214 g/mol. The lowest BCUT2D eigenvalue weighted by atomic mass is 9.98. The van der Waals surface area contributed by atoms with E-state index in [9.17, 15) is 0 Å².